The van der Waals surface area contributed by atoms with Gasteiger partial charge in [0.2, 0.25) is 0 Å². The van der Waals surface area contributed by atoms with Crippen LogP contribution < -0.4 is 0 Å². The summed E-state index contributed by atoms with van der Waals surface area (Å²) in [4.78, 5) is 0. The molecule has 3 atom stereocenters. The van der Waals surface area contributed by atoms with Gasteiger partial charge in [-0.25, -0.2) is 0 Å². The van der Waals surface area contributed by atoms with Crippen molar-refractivity contribution in [3.63, 3.8) is 0 Å². The molecule has 0 spiro atoms. The highest BCUT2D eigenvalue weighted by Crippen LogP contribution is 2.32. The summed E-state index contributed by atoms with van der Waals surface area (Å²) in [5.41, 5.74) is 0. The Kier molecular flexibility index (Phi) is 23.0. The Morgan fingerprint density at radius 1 is 0.708 bits per heavy atom. The molecule has 0 N–H and O–H groups in total. The molecule has 0 radical (unpaired) electrons. The van der Waals surface area contributed by atoms with E-state index in [0.717, 1.165) is 17.8 Å². The van der Waals surface area contributed by atoms with Crippen molar-refractivity contribution in [3.05, 3.63) is 0 Å². The molecule has 0 aromatic carbocycles. The maximum absolute atomic E-state index is 2.34. The van der Waals surface area contributed by atoms with Crippen LogP contribution in [0, 0.1) is 17.8 Å². The predicted molar refractivity (Wildman–Crippen MR) is 115 cm³/mol. The smallest absolute Gasteiger partial charge is 0.0414 e. The highest BCUT2D eigenvalue weighted by molar-refractivity contribution is 4.70. The maximum Gasteiger partial charge on any atom is -0.0414 e. The highest BCUT2D eigenvalue weighted by Gasteiger charge is 2.18. The van der Waals surface area contributed by atoms with Crippen LogP contribution in [0.15, 0.2) is 0 Å². The van der Waals surface area contributed by atoms with Gasteiger partial charge in [0.1, 0.15) is 0 Å². The lowest BCUT2D eigenvalue weighted by molar-refractivity contribution is 0.255. The molecule has 1 rings (SSSR count). The number of hydrogen-bond acceptors (Lipinski definition) is 0. The fourth-order valence-corrected chi connectivity index (χ4v) is 3.40. The van der Waals surface area contributed by atoms with Crippen molar-refractivity contribution in [2.45, 2.75) is 138 Å². The quantitative estimate of drug-likeness (QED) is 0.366. The molecule has 0 nitrogen and oxygen atoms in total. The monoisotopic (exact) mass is 340 g/mol. The highest BCUT2D eigenvalue weighted by atomic mass is 14.2. The van der Waals surface area contributed by atoms with E-state index >= 15 is 0 Å². The topological polar surface area (TPSA) is 0 Å². The van der Waals surface area contributed by atoms with Crippen LogP contribution in [0.4, 0.5) is 0 Å². The Hall–Kier alpha value is 0. The van der Waals surface area contributed by atoms with Crippen LogP contribution in [0.25, 0.3) is 0 Å². The molecule has 0 aliphatic heterocycles. The summed E-state index contributed by atoms with van der Waals surface area (Å²) >= 11 is 0. The summed E-state index contributed by atoms with van der Waals surface area (Å²) in [7, 11) is 0. The largest absolute Gasteiger partial charge is 0.0654 e. The average Bonchev–Trinajstić information content (AvgIpc) is 2.65. The second-order valence-corrected chi connectivity index (χ2v) is 8.08. The van der Waals surface area contributed by atoms with Crippen molar-refractivity contribution in [1.29, 1.82) is 0 Å². The molecule has 1 aliphatic carbocycles. The minimum absolute atomic E-state index is 0.954. The van der Waals surface area contributed by atoms with Gasteiger partial charge < -0.3 is 0 Å². The van der Waals surface area contributed by atoms with E-state index in [1.54, 1.807) is 0 Å². The maximum atomic E-state index is 2.34. The first-order valence-electron chi connectivity index (χ1n) is 11.6. The van der Waals surface area contributed by atoms with E-state index in [1.165, 1.54) is 89.9 Å². The number of hydrogen-bond donors (Lipinski definition) is 0. The number of unbranched alkanes of at least 4 members (excludes halogenated alkanes) is 4. The zero-order chi connectivity index (χ0) is 18.6. The normalized spacial score (nSPS) is 21.1. The molecule has 0 heteroatoms. The molecular weight excluding hydrogens is 288 g/mol. The van der Waals surface area contributed by atoms with Gasteiger partial charge in [-0.3, -0.25) is 0 Å². The lowest BCUT2D eigenvalue weighted by Gasteiger charge is -2.27. The minimum Gasteiger partial charge on any atom is -0.0654 e. The molecule has 1 saturated carbocycles. The Balaban J connectivity index is 0. The van der Waals surface area contributed by atoms with E-state index in [9.17, 15) is 0 Å². The first kappa shape index (κ1) is 26.2. The predicted octanol–water partition coefficient (Wildman–Crippen LogP) is 9.42. The summed E-state index contributed by atoms with van der Waals surface area (Å²) in [6.45, 7) is 16.0. The van der Waals surface area contributed by atoms with Gasteiger partial charge in [0.25, 0.3) is 0 Å². The van der Waals surface area contributed by atoms with Crippen molar-refractivity contribution in [2.75, 3.05) is 0 Å². The van der Waals surface area contributed by atoms with Crippen LogP contribution in [0.3, 0.4) is 0 Å². The molecule has 1 fully saturated rings. The van der Waals surface area contributed by atoms with Gasteiger partial charge in [0, 0.05) is 0 Å². The van der Waals surface area contributed by atoms with Crippen molar-refractivity contribution in [1.82, 2.24) is 0 Å². The Labute approximate surface area is 156 Å². The Bertz CT molecular complexity index is 194. The van der Waals surface area contributed by atoms with Crippen LogP contribution >= 0.6 is 0 Å². The summed E-state index contributed by atoms with van der Waals surface area (Å²) in [6.07, 6.45) is 19.9. The third-order valence-electron chi connectivity index (χ3n) is 5.75. The second-order valence-electron chi connectivity index (χ2n) is 8.08. The summed E-state index contributed by atoms with van der Waals surface area (Å²) in [5, 5.41) is 0. The Morgan fingerprint density at radius 2 is 1.17 bits per heavy atom. The van der Waals surface area contributed by atoms with Crippen molar-refractivity contribution in [2.24, 2.45) is 17.8 Å². The van der Waals surface area contributed by atoms with Crippen LogP contribution in [0.1, 0.15) is 138 Å². The zero-order valence-electron chi connectivity index (χ0n) is 18.6. The average molecular weight is 341 g/mol. The van der Waals surface area contributed by atoms with Gasteiger partial charge in [0.15, 0.2) is 0 Å². The SMILES string of the molecule is CCC1CCCC(CC)C1.CCCCC(C)CC.CCCCCC. The zero-order valence-corrected chi connectivity index (χ0v) is 18.6. The molecule has 0 bridgehead atoms. The van der Waals surface area contributed by atoms with Gasteiger partial charge in [-0.05, 0) is 24.2 Å². The number of rotatable bonds is 9. The lowest BCUT2D eigenvalue weighted by Crippen LogP contribution is -2.13. The fourth-order valence-electron chi connectivity index (χ4n) is 3.40. The van der Waals surface area contributed by atoms with E-state index in [4.69, 9.17) is 0 Å². The van der Waals surface area contributed by atoms with E-state index in [0.29, 0.717) is 0 Å². The molecule has 148 valence electrons. The molecule has 0 saturated heterocycles. The summed E-state index contributed by atoms with van der Waals surface area (Å²) in [5.74, 6) is 3.09. The van der Waals surface area contributed by atoms with Crippen molar-refractivity contribution < 1.29 is 0 Å². The molecule has 3 unspecified atom stereocenters. The standard InChI is InChI=1S/C10H20.C8H18.C6H14/c1-3-9-6-5-7-10(4-2)8-9;1-4-6-7-8(3)5-2;1-3-5-6-4-2/h9-10H,3-8H2,1-2H3;8H,4-7H2,1-3H3;3-6H2,1-2H3. The summed E-state index contributed by atoms with van der Waals surface area (Å²) in [6, 6.07) is 0. The second kappa shape index (κ2) is 21.0. The van der Waals surface area contributed by atoms with Crippen LogP contribution in [0.2, 0.25) is 0 Å². The summed E-state index contributed by atoms with van der Waals surface area (Å²) < 4.78 is 0. The molecule has 1 aliphatic rings. The van der Waals surface area contributed by atoms with Gasteiger partial charge >= 0.3 is 0 Å². The van der Waals surface area contributed by atoms with E-state index in [2.05, 4.69) is 48.5 Å². The molecule has 0 aromatic heterocycles. The van der Waals surface area contributed by atoms with E-state index in [-0.39, 0.29) is 0 Å². The van der Waals surface area contributed by atoms with Crippen LogP contribution in [0.5, 0.6) is 0 Å². The molecule has 0 aromatic rings. The molecule has 24 heavy (non-hydrogen) atoms. The van der Waals surface area contributed by atoms with E-state index < -0.39 is 0 Å². The molecule has 0 amide bonds. The van der Waals surface area contributed by atoms with Crippen molar-refractivity contribution >= 4 is 0 Å². The van der Waals surface area contributed by atoms with Crippen molar-refractivity contribution in [3.8, 4) is 0 Å². The molecular formula is C24H52. The Morgan fingerprint density at radius 3 is 1.50 bits per heavy atom. The van der Waals surface area contributed by atoms with Crippen LogP contribution in [-0.2, 0) is 0 Å². The first-order chi connectivity index (χ1) is 11.6. The third kappa shape index (κ3) is 18.3. The third-order valence-corrected chi connectivity index (χ3v) is 5.75. The molecule has 0 heterocycles. The fraction of sp³-hybridized carbons (Fsp3) is 1.00. The van der Waals surface area contributed by atoms with Gasteiger partial charge in [0.05, 0.1) is 0 Å². The lowest BCUT2D eigenvalue weighted by atomic mass is 9.79. The van der Waals surface area contributed by atoms with Gasteiger partial charge in [-0.2, -0.15) is 0 Å². The minimum atomic E-state index is 0.954. The first-order valence-corrected chi connectivity index (χ1v) is 11.6. The van der Waals surface area contributed by atoms with Gasteiger partial charge in [-0.15, -0.1) is 0 Å². The van der Waals surface area contributed by atoms with Gasteiger partial charge in [-0.1, -0.05) is 132 Å². The van der Waals surface area contributed by atoms with Crippen LogP contribution in [-0.4, -0.2) is 0 Å². The van der Waals surface area contributed by atoms with E-state index in [1.807, 2.05) is 0 Å².